The molecule has 0 unspecified atom stereocenters. The Kier molecular flexibility index (Phi) is 3.00. The number of thiazole rings is 1. The van der Waals surface area contributed by atoms with E-state index in [4.69, 9.17) is 0 Å². The molecule has 2 N–H and O–H groups in total. The van der Waals surface area contributed by atoms with Crippen LogP contribution in [0.25, 0.3) is 5.65 Å². The molecule has 0 atom stereocenters. The van der Waals surface area contributed by atoms with Crippen LogP contribution in [-0.2, 0) is 6.42 Å². The smallest absolute Gasteiger partial charge is 0.348 e. The second-order valence-corrected chi connectivity index (χ2v) is 5.13. The molecule has 7 nitrogen and oxygen atoms in total. The lowest BCUT2D eigenvalue weighted by molar-refractivity contribution is 0.949. The van der Waals surface area contributed by atoms with Crippen molar-refractivity contribution in [2.75, 3.05) is 11.9 Å². The fourth-order valence-corrected chi connectivity index (χ4v) is 2.40. The summed E-state index contributed by atoms with van der Waals surface area (Å²) < 4.78 is 1.36. The van der Waals surface area contributed by atoms with Gasteiger partial charge in [-0.15, -0.1) is 11.3 Å². The topological polar surface area (TPSA) is 88.0 Å². The zero-order valence-electron chi connectivity index (χ0n) is 10.3. The Hall–Kier alpha value is -2.22. The predicted octanol–water partition coefficient (Wildman–Crippen LogP) is 0.837. The summed E-state index contributed by atoms with van der Waals surface area (Å²) in [5, 5.41) is 12.6. The first-order valence-electron chi connectivity index (χ1n) is 5.80. The summed E-state index contributed by atoms with van der Waals surface area (Å²) in [4.78, 5) is 19.8. The van der Waals surface area contributed by atoms with Gasteiger partial charge >= 0.3 is 5.69 Å². The molecule has 19 heavy (non-hydrogen) atoms. The number of aromatic nitrogens is 5. The highest BCUT2D eigenvalue weighted by Crippen LogP contribution is 2.09. The van der Waals surface area contributed by atoms with Gasteiger partial charge in [0.25, 0.3) is 0 Å². The minimum absolute atomic E-state index is 0.285. The highest BCUT2D eigenvalue weighted by atomic mass is 32.1. The maximum atomic E-state index is 11.3. The number of hydrogen-bond donors (Lipinski definition) is 2. The molecule has 0 spiro atoms. The molecule has 3 aromatic rings. The van der Waals surface area contributed by atoms with E-state index in [1.54, 1.807) is 17.4 Å². The van der Waals surface area contributed by atoms with Crippen LogP contribution < -0.4 is 11.0 Å². The number of aromatic amines is 1. The number of rotatable bonds is 4. The molecule has 0 amide bonds. The quantitative estimate of drug-likeness (QED) is 0.737. The van der Waals surface area contributed by atoms with Gasteiger partial charge in [0.15, 0.2) is 5.65 Å². The Balaban J connectivity index is 1.66. The fourth-order valence-electron chi connectivity index (χ4n) is 1.75. The number of nitrogens with zero attached hydrogens (tertiary/aromatic N) is 4. The van der Waals surface area contributed by atoms with Gasteiger partial charge in [-0.1, -0.05) is 0 Å². The van der Waals surface area contributed by atoms with Gasteiger partial charge in [0.1, 0.15) is 12.1 Å². The summed E-state index contributed by atoms with van der Waals surface area (Å²) in [7, 11) is 0. The van der Waals surface area contributed by atoms with Crippen LogP contribution in [0.15, 0.2) is 22.6 Å². The van der Waals surface area contributed by atoms with Crippen LogP contribution in [0.2, 0.25) is 0 Å². The van der Waals surface area contributed by atoms with Crippen molar-refractivity contribution in [2.24, 2.45) is 0 Å². The minimum Gasteiger partial charge on any atom is -0.370 e. The van der Waals surface area contributed by atoms with E-state index >= 15 is 0 Å². The van der Waals surface area contributed by atoms with Gasteiger partial charge in [0, 0.05) is 24.4 Å². The summed E-state index contributed by atoms with van der Waals surface area (Å²) in [5.41, 5.74) is 1.34. The molecule has 98 valence electrons. The van der Waals surface area contributed by atoms with Crippen LogP contribution >= 0.6 is 11.3 Å². The Bertz CT molecular complexity index is 758. The lowest BCUT2D eigenvalue weighted by Crippen LogP contribution is -2.11. The highest BCUT2D eigenvalue weighted by Gasteiger charge is 2.02. The molecular weight excluding hydrogens is 264 g/mol. The Morgan fingerprint density at radius 2 is 2.42 bits per heavy atom. The average Bonchev–Trinajstić information content (AvgIpc) is 2.97. The van der Waals surface area contributed by atoms with Crippen molar-refractivity contribution in [3.05, 3.63) is 39.0 Å². The van der Waals surface area contributed by atoms with E-state index in [-0.39, 0.29) is 5.69 Å². The standard InChI is InChI=1S/C11H12N6OS/c1-7-14-8(5-19-7)2-3-12-9-4-10-15-16-11(18)17(10)6-13-9/h4-6,12H,2-3H2,1H3,(H,16,18). The van der Waals surface area contributed by atoms with Crippen LogP contribution in [0, 0.1) is 6.92 Å². The summed E-state index contributed by atoms with van der Waals surface area (Å²) >= 11 is 1.65. The molecule has 0 fully saturated rings. The second-order valence-electron chi connectivity index (χ2n) is 4.07. The van der Waals surface area contributed by atoms with Crippen molar-refractivity contribution < 1.29 is 0 Å². The van der Waals surface area contributed by atoms with Crippen molar-refractivity contribution in [1.82, 2.24) is 24.6 Å². The zero-order valence-corrected chi connectivity index (χ0v) is 11.1. The van der Waals surface area contributed by atoms with Crippen LogP contribution in [0.3, 0.4) is 0 Å². The van der Waals surface area contributed by atoms with Gasteiger partial charge in [-0.2, -0.15) is 5.10 Å². The number of anilines is 1. The monoisotopic (exact) mass is 276 g/mol. The van der Waals surface area contributed by atoms with Crippen molar-refractivity contribution >= 4 is 22.8 Å². The zero-order chi connectivity index (χ0) is 13.2. The van der Waals surface area contributed by atoms with Crippen LogP contribution in [0.5, 0.6) is 0 Å². The Labute approximate surface area is 112 Å². The van der Waals surface area contributed by atoms with Crippen LogP contribution in [0.4, 0.5) is 5.82 Å². The van der Waals surface area contributed by atoms with E-state index in [9.17, 15) is 4.79 Å². The van der Waals surface area contributed by atoms with Gasteiger partial charge < -0.3 is 5.32 Å². The number of hydrogen-bond acceptors (Lipinski definition) is 6. The average molecular weight is 276 g/mol. The maximum absolute atomic E-state index is 11.3. The first-order chi connectivity index (χ1) is 9.22. The third kappa shape index (κ3) is 2.48. The van der Waals surface area contributed by atoms with Gasteiger partial charge in [-0.3, -0.25) is 0 Å². The summed E-state index contributed by atoms with van der Waals surface area (Å²) in [6.45, 7) is 2.73. The van der Waals surface area contributed by atoms with Crippen molar-refractivity contribution in [2.45, 2.75) is 13.3 Å². The normalized spacial score (nSPS) is 11.0. The molecule has 3 aromatic heterocycles. The van der Waals surface area contributed by atoms with Crippen molar-refractivity contribution in [3.8, 4) is 0 Å². The van der Waals surface area contributed by atoms with Gasteiger partial charge in [-0.05, 0) is 6.92 Å². The number of nitrogens with one attached hydrogen (secondary N) is 2. The largest absolute Gasteiger partial charge is 0.370 e. The maximum Gasteiger partial charge on any atom is 0.348 e. The molecule has 0 saturated heterocycles. The Morgan fingerprint density at radius 3 is 3.21 bits per heavy atom. The van der Waals surface area contributed by atoms with Crippen molar-refractivity contribution in [1.29, 1.82) is 0 Å². The molecule has 3 rings (SSSR count). The van der Waals surface area contributed by atoms with E-state index in [1.807, 2.05) is 6.92 Å². The number of fused-ring (bicyclic) bond motifs is 1. The van der Waals surface area contributed by atoms with Gasteiger partial charge in [0.2, 0.25) is 0 Å². The summed E-state index contributed by atoms with van der Waals surface area (Å²) in [6, 6.07) is 1.73. The van der Waals surface area contributed by atoms with Crippen LogP contribution in [-0.4, -0.2) is 31.1 Å². The molecule has 0 radical (unpaired) electrons. The van der Waals surface area contributed by atoms with E-state index in [1.165, 1.54) is 10.7 Å². The van der Waals surface area contributed by atoms with Gasteiger partial charge in [-0.25, -0.2) is 24.3 Å². The van der Waals surface area contributed by atoms with E-state index < -0.39 is 0 Å². The number of aryl methyl sites for hydroxylation is 1. The molecule has 3 heterocycles. The Morgan fingerprint density at radius 1 is 1.53 bits per heavy atom. The SMILES string of the molecule is Cc1nc(CCNc2cc3n[nH]c(=O)n3cn2)cs1. The fraction of sp³-hybridized carbons (Fsp3) is 0.273. The van der Waals surface area contributed by atoms with Crippen molar-refractivity contribution in [3.63, 3.8) is 0 Å². The van der Waals surface area contributed by atoms with E-state index in [0.29, 0.717) is 11.5 Å². The second kappa shape index (κ2) is 4.81. The first-order valence-corrected chi connectivity index (χ1v) is 6.68. The lowest BCUT2D eigenvalue weighted by atomic mass is 10.3. The molecule has 8 heteroatoms. The molecule has 0 saturated carbocycles. The molecule has 0 aliphatic rings. The molecule has 0 aliphatic carbocycles. The lowest BCUT2D eigenvalue weighted by Gasteiger charge is -2.03. The first kappa shape index (κ1) is 11.8. The summed E-state index contributed by atoms with van der Waals surface area (Å²) in [5.74, 6) is 0.693. The third-order valence-electron chi connectivity index (χ3n) is 2.66. The molecular formula is C11H12N6OS. The number of H-pyrrole nitrogens is 1. The van der Waals surface area contributed by atoms with Gasteiger partial charge in [0.05, 0.1) is 10.7 Å². The predicted molar refractivity (Wildman–Crippen MR) is 72.7 cm³/mol. The van der Waals surface area contributed by atoms with E-state index in [2.05, 4.69) is 30.9 Å². The minimum atomic E-state index is -0.285. The van der Waals surface area contributed by atoms with Crippen LogP contribution in [0.1, 0.15) is 10.7 Å². The van der Waals surface area contributed by atoms with E-state index in [0.717, 1.165) is 23.7 Å². The molecule has 0 bridgehead atoms. The molecule has 0 aliphatic heterocycles. The summed E-state index contributed by atoms with van der Waals surface area (Å²) in [6.07, 6.45) is 2.29. The molecule has 0 aromatic carbocycles. The highest BCUT2D eigenvalue weighted by molar-refractivity contribution is 7.09. The third-order valence-corrected chi connectivity index (χ3v) is 3.49.